The van der Waals surface area contributed by atoms with Gasteiger partial charge in [0.15, 0.2) is 11.5 Å². The van der Waals surface area contributed by atoms with Crippen molar-refractivity contribution in [2.45, 2.75) is 13.2 Å². The lowest BCUT2D eigenvalue weighted by Gasteiger charge is -2.19. The molecule has 0 radical (unpaired) electrons. The molecule has 1 heterocycles. The van der Waals surface area contributed by atoms with Crippen molar-refractivity contribution in [3.05, 3.63) is 83.7 Å². The Bertz CT molecular complexity index is 912. The van der Waals surface area contributed by atoms with Crippen molar-refractivity contribution in [2.75, 3.05) is 18.5 Å². The molecule has 0 spiro atoms. The summed E-state index contributed by atoms with van der Waals surface area (Å²) in [5, 5.41) is 3.39. The minimum Gasteiger partial charge on any atom is -0.489 e. The fraction of sp³-hybridized carbons (Fsp3) is 0.182. The van der Waals surface area contributed by atoms with Crippen molar-refractivity contribution < 1.29 is 18.6 Å². The summed E-state index contributed by atoms with van der Waals surface area (Å²) in [4.78, 5) is 0. The van der Waals surface area contributed by atoms with E-state index in [1.54, 1.807) is 12.1 Å². The van der Waals surface area contributed by atoms with Crippen LogP contribution >= 0.6 is 0 Å². The molecule has 4 rings (SSSR count). The van der Waals surface area contributed by atoms with Gasteiger partial charge in [0, 0.05) is 23.9 Å². The fourth-order valence-electron chi connectivity index (χ4n) is 2.88. The van der Waals surface area contributed by atoms with Crippen molar-refractivity contribution in [2.24, 2.45) is 0 Å². The third-order valence-electron chi connectivity index (χ3n) is 4.31. The molecule has 0 unspecified atom stereocenters. The third-order valence-corrected chi connectivity index (χ3v) is 4.31. The summed E-state index contributed by atoms with van der Waals surface area (Å²) in [6.45, 7) is 2.15. The highest BCUT2D eigenvalue weighted by molar-refractivity contribution is 5.55. The molecule has 0 fully saturated rings. The van der Waals surface area contributed by atoms with Gasteiger partial charge >= 0.3 is 0 Å². The minimum atomic E-state index is -0.247. The molecule has 0 saturated carbocycles. The fourth-order valence-corrected chi connectivity index (χ4v) is 2.88. The summed E-state index contributed by atoms with van der Waals surface area (Å²) in [5.41, 5.74) is 2.91. The largest absolute Gasteiger partial charge is 0.489 e. The van der Waals surface area contributed by atoms with Gasteiger partial charge in [0.05, 0.1) is 0 Å². The number of anilines is 1. The second-order valence-electron chi connectivity index (χ2n) is 6.23. The normalized spacial score (nSPS) is 12.5. The quantitative estimate of drug-likeness (QED) is 0.682. The maximum Gasteiger partial charge on any atom is 0.163 e. The molecule has 0 atom stereocenters. The Balaban J connectivity index is 1.41. The van der Waals surface area contributed by atoms with Crippen molar-refractivity contribution in [1.29, 1.82) is 0 Å². The Morgan fingerprint density at radius 1 is 0.889 bits per heavy atom. The van der Waals surface area contributed by atoms with E-state index in [1.807, 2.05) is 42.5 Å². The molecule has 3 aromatic carbocycles. The van der Waals surface area contributed by atoms with Gasteiger partial charge in [-0.1, -0.05) is 30.3 Å². The highest BCUT2D eigenvalue weighted by atomic mass is 19.1. The molecule has 1 aliphatic heterocycles. The molecule has 5 heteroatoms. The number of hydrogen-bond donors (Lipinski definition) is 1. The molecule has 0 aromatic heterocycles. The van der Waals surface area contributed by atoms with Gasteiger partial charge in [-0.2, -0.15) is 0 Å². The molecule has 0 bridgehead atoms. The topological polar surface area (TPSA) is 39.7 Å². The molecule has 0 aliphatic carbocycles. The minimum absolute atomic E-state index is 0.247. The predicted molar refractivity (Wildman–Crippen MR) is 102 cm³/mol. The van der Waals surface area contributed by atoms with Gasteiger partial charge in [-0.25, -0.2) is 4.39 Å². The van der Waals surface area contributed by atoms with Crippen LogP contribution in [0, 0.1) is 5.82 Å². The summed E-state index contributed by atoms with van der Waals surface area (Å²) >= 11 is 0. The Morgan fingerprint density at radius 3 is 2.52 bits per heavy atom. The highest BCUT2D eigenvalue weighted by Gasteiger charge is 2.12. The van der Waals surface area contributed by atoms with Crippen LogP contribution in [0.3, 0.4) is 0 Å². The number of para-hydroxylation sites is 1. The molecule has 0 saturated heterocycles. The number of halogens is 1. The number of ether oxygens (including phenoxy) is 3. The summed E-state index contributed by atoms with van der Waals surface area (Å²) in [7, 11) is 0. The van der Waals surface area contributed by atoms with Crippen LogP contribution in [0.4, 0.5) is 10.1 Å². The summed E-state index contributed by atoms with van der Waals surface area (Å²) in [5.74, 6) is 2.08. The van der Waals surface area contributed by atoms with Crippen LogP contribution in [0.25, 0.3) is 0 Å². The van der Waals surface area contributed by atoms with Crippen LogP contribution in [0.2, 0.25) is 0 Å². The first-order chi connectivity index (χ1) is 13.3. The van der Waals surface area contributed by atoms with Crippen LogP contribution in [-0.4, -0.2) is 13.2 Å². The Morgan fingerprint density at radius 2 is 1.67 bits per heavy atom. The van der Waals surface area contributed by atoms with Gasteiger partial charge < -0.3 is 19.5 Å². The standard InChI is InChI=1S/C22H20FNO3/c23-18-7-5-16(6-8-18)15-27-20-4-2-1-3-17(20)14-24-19-9-10-21-22(13-19)26-12-11-25-21/h1-10,13,24H,11-12,14-15H2. The van der Waals surface area contributed by atoms with Crippen molar-refractivity contribution in [1.82, 2.24) is 0 Å². The lowest BCUT2D eigenvalue weighted by Crippen LogP contribution is -2.15. The molecular formula is C22H20FNO3. The number of hydrogen-bond acceptors (Lipinski definition) is 4. The molecule has 3 aromatic rings. The first-order valence-corrected chi connectivity index (χ1v) is 8.86. The van der Waals surface area contributed by atoms with Gasteiger partial charge in [-0.15, -0.1) is 0 Å². The maximum absolute atomic E-state index is 13.0. The molecule has 138 valence electrons. The van der Waals surface area contributed by atoms with Gasteiger partial charge in [0.2, 0.25) is 0 Å². The van der Waals surface area contributed by atoms with E-state index in [2.05, 4.69) is 5.32 Å². The van der Waals surface area contributed by atoms with Crippen molar-refractivity contribution in [3.8, 4) is 17.2 Å². The molecule has 4 nitrogen and oxygen atoms in total. The van der Waals surface area contributed by atoms with E-state index in [4.69, 9.17) is 14.2 Å². The van der Waals surface area contributed by atoms with E-state index < -0.39 is 0 Å². The zero-order valence-electron chi connectivity index (χ0n) is 14.8. The first-order valence-electron chi connectivity index (χ1n) is 8.86. The second kappa shape index (κ2) is 7.99. The van der Waals surface area contributed by atoms with E-state index >= 15 is 0 Å². The number of benzene rings is 3. The third kappa shape index (κ3) is 4.31. The lowest BCUT2D eigenvalue weighted by molar-refractivity contribution is 0.171. The summed E-state index contributed by atoms with van der Waals surface area (Å²) in [6.07, 6.45) is 0. The van der Waals surface area contributed by atoms with Crippen LogP contribution in [0.15, 0.2) is 66.7 Å². The van der Waals surface area contributed by atoms with Crippen LogP contribution < -0.4 is 19.5 Å². The average molecular weight is 365 g/mol. The first kappa shape index (κ1) is 17.2. The molecule has 27 heavy (non-hydrogen) atoms. The SMILES string of the molecule is Fc1ccc(COc2ccccc2CNc2ccc3c(c2)OCCO3)cc1. The van der Waals surface area contributed by atoms with E-state index in [1.165, 1.54) is 12.1 Å². The van der Waals surface area contributed by atoms with E-state index in [9.17, 15) is 4.39 Å². The zero-order chi connectivity index (χ0) is 18.5. The van der Waals surface area contributed by atoms with Crippen LogP contribution in [0.1, 0.15) is 11.1 Å². The number of fused-ring (bicyclic) bond motifs is 1. The lowest BCUT2D eigenvalue weighted by atomic mass is 10.2. The zero-order valence-corrected chi connectivity index (χ0v) is 14.8. The van der Waals surface area contributed by atoms with Gasteiger partial charge in [-0.05, 0) is 35.9 Å². The Hall–Kier alpha value is -3.21. The van der Waals surface area contributed by atoms with Crippen LogP contribution in [0.5, 0.6) is 17.2 Å². The summed E-state index contributed by atoms with van der Waals surface area (Å²) in [6, 6.07) is 20.0. The highest BCUT2D eigenvalue weighted by Crippen LogP contribution is 2.33. The molecule has 1 N–H and O–H groups in total. The van der Waals surface area contributed by atoms with Crippen molar-refractivity contribution >= 4 is 5.69 Å². The Kier molecular flexibility index (Phi) is 5.10. The van der Waals surface area contributed by atoms with Gasteiger partial charge in [0.25, 0.3) is 0 Å². The average Bonchev–Trinajstić information content (AvgIpc) is 2.72. The van der Waals surface area contributed by atoms with E-state index in [0.29, 0.717) is 26.4 Å². The van der Waals surface area contributed by atoms with Crippen LogP contribution in [-0.2, 0) is 13.2 Å². The molecule has 1 aliphatic rings. The second-order valence-corrected chi connectivity index (χ2v) is 6.23. The predicted octanol–water partition coefficient (Wildman–Crippen LogP) is 4.79. The molecular weight excluding hydrogens is 345 g/mol. The van der Waals surface area contributed by atoms with E-state index in [-0.39, 0.29) is 5.82 Å². The smallest absolute Gasteiger partial charge is 0.163 e. The van der Waals surface area contributed by atoms with E-state index in [0.717, 1.165) is 34.1 Å². The van der Waals surface area contributed by atoms with Crippen molar-refractivity contribution in [3.63, 3.8) is 0 Å². The monoisotopic (exact) mass is 365 g/mol. The van der Waals surface area contributed by atoms with Gasteiger partial charge in [-0.3, -0.25) is 0 Å². The van der Waals surface area contributed by atoms with Gasteiger partial charge in [0.1, 0.15) is 31.4 Å². The molecule has 0 amide bonds. The number of nitrogens with one attached hydrogen (secondary N) is 1. The number of rotatable bonds is 6. The Labute approximate surface area is 157 Å². The maximum atomic E-state index is 13.0. The summed E-state index contributed by atoms with van der Waals surface area (Å²) < 4.78 is 30.1.